The Balaban J connectivity index is 2.21. The van der Waals surface area contributed by atoms with Crippen molar-refractivity contribution in [2.24, 2.45) is 5.73 Å². The Kier molecular flexibility index (Phi) is 4.49. The number of benzene rings is 1. The van der Waals surface area contributed by atoms with Crippen LogP contribution in [-0.2, 0) is 0 Å². The van der Waals surface area contributed by atoms with Gasteiger partial charge in [-0.2, -0.15) is 0 Å². The van der Waals surface area contributed by atoms with Crippen LogP contribution in [-0.4, -0.2) is 43.7 Å². The fraction of sp³-hybridized carbons (Fsp3) is 0.571. The molecule has 0 radical (unpaired) electrons. The van der Waals surface area contributed by atoms with Gasteiger partial charge in [-0.25, -0.2) is 0 Å². The summed E-state index contributed by atoms with van der Waals surface area (Å²) in [4.78, 5) is 4.81. The van der Waals surface area contributed by atoms with Gasteiger partial charge in [-0.1, -0.05) is 11.6 Å². The molecular weight excluding hydrogens is 246 g/mol. The van der Waals surface area contributed by atoms with Crippen molar-refractivity contribution >= 4 is 17.3 Å². The third kappa shape index (κ3) is 2.97. The molecule has 0 aromatic heterocycles. The number of hydrogen-bond donors (Lipinski definition) is 1. The molecule has 1 fully saturated rings. The predicted octanol–water partition coefficient (Wildman–Crippen LogP) is 2.20. The third-order valence-corrected chi connectivity index (χ3v) is 4.16. The van der Waals surface area contributed by atoms with Crippen molar-refractivity contribution in [1.82, 2.24) is 4.90 Å². The summed E-state index contributed by atoms with van der Waals surface area (Å²) in [5, 5.41) is 0.781. The van der Waals surface area contributed by atoms with E-state index in [1.54, 1.807) is 0 Å². The van der Waals surface area contributed by atoms with Crippen molar-refractivity contribution in [3.05, 3.63) is 29.3 Å². The van der Waals surface area contributed by atoms with Crippen molar-refractivity contribution in [3.8, 4) is 0 Å². The zero-order valence-corrected chi connectivity index (χ0v) is 11.9. The summed E-state index contributed by atoms with van der Waals surface area (Å²) in [7, 11) is 2.18. The van der Waals surface area contributed by atoms with Gasteiger partial charge in [0.05, 0.1) is 6.04 Å². The number of nitrogens with two attached hydrogens (primary N) is 1. The average Bonchev–Trinajstić information content (AvgIpc) is 2.51. The van der Waals surface area contributed by atoms with Crippen LogP contribution in [0.3, 0.4) is 0 Å². The van der Waals surface area contributed by atoms with Crippen LogP contribution in [0.5, 0.6) is 0 Å². The minimum atomic E-state index is 0.376. The Morgan fingerprint density at radius 3 is 2.61 bits per heavy atom. The predicted molar refractivity (Wildman–Crippen MR) is 78.3 cm³/mol. The van der Waals surface area contributed by atoms with E-state index in [0.717, 1.165) is 24.5 Å². The zero-order chi connectivity index (χ0) is 13.1. The molecule has 4 heteroatoms. The molecule has 1 aliphatic heterocycles. The second-order valence-electron chi connectivity index (χ2n) is 5.14. The zero-order valence-electron chi connectivity index (χ0n) is 11.1. The number of nitrogens with zero attached hydrogens (tertiary/aromatic N) is 2. The quantitative estimate of drug-likeness (QED) is 0.892. The molecule has 2 atom stereocenters. The molecule has 1 aromatic rings. The van der Waals surface area contributed by atoms with Crippen molar-refractivity contribution in [3.63, 3.8) is 0 Å². The van der Waals surface area contributed by atoms with E-state index in [0.29, 0.717) is 18.6 Å². The van der Waals surface area contributed by atoms with E-state index in [9.17, 15) is 0 Å². The minimum Gasteiger partial charge on any atom is -0.366 e. The molecule has 3 nitrogen and oxygen atoms in total. The molecular formula is C14H22ClN3. The summed E-state index contributed by atoms with van der Waals surface area (Å²) in [6, 6.07) is 9.05. The van der Waals surface area contributed by atoms with E-state index in [2.05, 4.69) is 35.9 Å². The molecule has 1 aromatic carbocycles. The first-order valence-electron chi connectivity index (χ1n) is 6.54. The van der Waals surface area contributed by atoms with Gasteiger partial charge < -0.3 is 15.5 Å². The summed E-state index contributed by atoms with van der Waals surface area (Å²) in [5.74, 6) is 0. The number of rotatable bonds is 2. The molecule has 0 bridgehead atoms. The molecule has 1 aliphatic rings. The average molecular weight is 268 g/mol. The van der Waals surface area contributed by atoms with Gasteiger partial charge in [-0.05, 0) is 44.7 Å². The lowest BCUT2D eigenvalue weighted by Gasteiger charge is -2.32. The van der Waals surface area contributed by atoms with Gasteiger partial charge in [0.2, 0.25) is 0 Å². The van der Waals surface area contributed by atoms with Crippen molar-refractivity contribution in [2.75, 3.05) is 31.6 Å². The van der Waals surface area contributed by atoms with E-state index in [4.69, 9.17) is 17.3 Å². The Labute approximate surface area is 115 Å². The summed E-state index contributed by atoms with van der Waals surface area (Å²) in [6.07, 6.45) is 1.16. The molecule has 0 saturated carbocycles. The van der Waals surface area contributed by atoms with Gasteiger partial charge in [-0.15, -0.1) is 0 Å². The molecule has 100 valence electrons. The van der Waals surface area contributed by atoms with Gasteiger partial charge in [0.1, 0.15) is 0 Å². The highest BCUT2D eigenvalue weighted by Gasteiger charge is 2.25. The molecule has 18 heavy (non-hydrogen) atoms. The van der Waals surface area contributed by atoms with Crippen LogP contribution in [0.25, 0.3) is 0 Å². The lowest BCUT2D eigenvalue weighted by Crippen LogP contribution is -2.45. The Bertz CT molecular complexity index is 379. The number of halogens is 1. The van der Waals surface area contributed by atoms with E-state index in [-0.39, 0.29) is 0 Å². The van der Waals surface area contributed by atoms with Gasteiger partial charge in [0.25, 0.3) is 0 Å². The van der Waals surface area contributed by atoms with Gasteiger partial charge >= 0.3 is 0 Å². The van der Waals surface area contributed by atoms with Crippen molar-refractivity contribution in [1.29, 1.82) is 0 Å². The van der Waals surface area contributed by atoms with Crippen molar-refractivity contribution in [2.45, 2.75) is 25.4 Å². The van der Waals surface area contributed by atoms with Crippen LogP contribution in [0.1, 0.15) is 13.3 Å². The molecule has 0 aliphatic carbocycles. The lowest BCUT2D eigenvalue weighted by molar-refractivity contribution is 0.256. The third-order valence-electron chi connectivity index (χ3n) is 3.91. The summed E-state index contributed by atoms with van der Waals surface area (Å²) >= 11 is 5.95. The van der Waals surface area contributed by atoms with E-state index < -0.39 is 0 Å². The maximum Gasteiger partial charge on any atom is 0.0539 e. The van der Waals surface area contributed by atoms with Gasteiger partial charge in [0.15, 0.2) is 0 Å². The second kappa shape index (κ2) is 5.91. The number of hydrogen-bond acceptors (Lipinski definition) is 3. The highest BCUT2D eigenvalue weighted by molar-refractivity contribution is 6.30. The van der Waals surface area contributed by atoms with Gasteiger partial charge in [0, 0.05) is 36.4 Å². The molecule has 1 heterocycles. The molecule has 0 amide bonds. The molecule has 2 rings (SSSR count). The minimum absolute atomic E-state index is 0.376. The number of likely N-dealkylation sites (N-methyl/N-ethyl adjacent to an activating group) is 1. The smallest absolute Gasteiger partial charge is 0.0539 e. The normalized spacial score (nSPS) is 26.1. The first-order chi connectivity index (χ1) is 8.61. The fourth-order valence-electron chi connectivity index (χ4n) is 2.51. The van der Waals surface area contributed by atoms with E-state index in [1.807, 2.05) is 12.1 Å². The summed E-state index contributed by atoms with van der Waals surface area (Å²) in [5.41, 5.74) is 7.16. The molecule has 2 unspecified atom stereocenters. The first kappa shape index (κ1) is 13.7. The summed E-state index contributed by atoms with van der Waals surface area (Å²) < 4.78 is 0. The van der Waals surface area contributed by atoms with Crippen molar-refractivity contribution < 1.29 is 0 Å². The highest BCUT2D eigenvalue weighted by atomic mass is 35.5. The number of anilines is 1. The standard InChI is InChI=1S/C14H22ClN3/c1-11-7-8-18(14(9-16)10-17(11)2)13-5-3-12(15)4-6-13/h3-6,11,14H,7-10,16H2,1-2H3. The lowest BCUT2D eigenvalue weighted by atomic mass is 10.2. The monoisotopic (exact) mass is 267 g/mol. The van der Waals surface area contributed by atoms with Crippen LogP contribution in [0.15, 0.2) is 24.3 Å². The SMILES string of the molecule is CC1CCN(c2ccc(Cl)cc2)C(CN)CN1C. The Morgan fingerprint density at radius 1 is 1.33 bits per heavy atom. The van der Waals surface area contributed by atoms with Crippen LogP contribution in [0, 0.1) is 0 Å². The summed E-state index contributed by atoms with van der Waals surface area (Å²) in [6.45, 7) is 5.02. The second-order valence-corrected chi connectivity index (χ2v) is 5.57. The van der Waals surface area contributed by atoms with E-state index >= 15 is 0 Å². The fourth-order valence-corrected chi connectivity index (χ4v) is 2.64. The maximum atomic E-state index is 5.95. The Hall–Kier alpha value is -0.770. The molecule has 2 N–H and O–H groups in total. The molecule has 1 saturated heterocycles. The van der Waals surface area contributed by atoms with Gasteiger partial charge in [-0.3, -0.25) is 0 Å². The van der Waals surface area contributed by atoms with Crippen LogP contribution in [0.2, 0.25) is 5.02 Å². The van der Waals surface area contributed by atoms with Crippen LogP contribution < -0.4 is 10.6 Å². The highest BCUT2D eigenvalue weighted by Crippen LogP contribution is 2.23. The first-order valence-corrected chi connectivity index (χ1v) is 6.92. The maximum absolute atomic E-state index is 5.95. The van der Waals surface area contributed by atoms with Crippen LogP contribution >= 0.6 is 11.6 Å². The van der Waals surface area contributed by atoms with E-state index in [1.165, 1.54) is 5.69 Å². The Morgan fingerprint density at radius 2 is 2.00 bits per heavy atom. The largest absolute Gasteiger partial charge is 0.366 e. The molecule has 0 spiro atoms. The van der Waals surface area contributed by atoms with Crippen LogP contribution in [0.4, 0.5) is 5.69 Å². The topological polar surface area (TPSA) is 32.5 Å².